The van der Waals surface area contributed by atoms with Crippen LogP contribution in [-0.4, -0.2) is 40.9 Å². The lowest BCUT2D eigenvalue weighted by Crippen LogP contribution is -2.06. The van der Waals surface area contributed by atoms with Gasteiger partial charge in [-0.25, -0.2) is 9.78 Å². The summed E-state index contributed by atoms with van der Waals surface area (Å²) in [5.74, 6) is 0.369. The molecule has 3 aromatic rings. The van der Waals surface area contributed by atoms with E-state index >= 15 is 0 Å². The molecule has 0 aliphatic rings. The Balaban J connectivity index is 1.66. The van der Waals surface area contributed by atoms with Gasteiger partial charge in [0, 0.05) is 6.08 Å². The summed E-state index contributed by atoms with van der Waals surface area (Å²) in [6, 6.07) is 14.5. The number of aliphatic hydroxyl groups excluding tert-OH is 1. The van der Waals surface area contributed by atoms with Crippen LogP contribution in [0.15, 0.2) is 54.3 Å². The molecule has 1 aromatic heterocycles. The van der Waals surface area contributed by atoms with Gasteiger partial charge in [-0.15, -0.1) is 0 Å². The van der Waals surface area contributed by atoms with Gasteiger partial charge in [0.15, 0.2) is 23.1 Å². The third-order valence-corrected chi connectivity index (χ3v) is 4.52. The van der Waals surface area contributed by atoms with Crippen LogP contribution in [0.3, 0.4) is 0 Å². The molecule has 0 fully saturated rings. The van der Waals surface area contributed by atoms with E-state index in [4.69, 9.17) is 14.2 Å². The number of hydrogen-bond acceptors (Lipinski definition) is 7. The van der Waals surface area contributed by atoms with Crippen LogP contribution in [0.5, 0.6) is 11.5 Å². The van der Waals surface area contributed by atoms with Gasteiger partial charge >= 0.3 is 5.97 Å². The summed E-state index contributed by atoms with van der Waals surface area (Å²) in [4.78, 5) is 19.4. The number of carbonyl (C=O) groups is 1. The molecule has 170 valence electrons. The van der Waals surface area contributed by atoms with E-state index in [-0.39, 0.29) is 11.4 Å². The fraction of sp³-hybridized carbons (Fsp3) is 0.240. The monoisotopic (exact) mass is 447 g/mol. The van der Waals surface area contributed by atoms with Gasteiger partial charge in [0.05, 0.1) is 24.2 Å². The number of aromatic amines is 1. The molecule has 2 aromatic carbocycles. The van der Waals surface area contributed by atoms with Gasteiger partial charge in [-0.3, -0.25) is 0 Å². The number of hydrogen-bond donors (Lipinski definition) is 2. The first-order valence-electron chi connectivity index (χ1n) is 10.6. The minimum Gasteiger partial charge on any atom is -0.507 e. The second-order valence-corrected chi connectivity index (χ2v) is 6.96. The molecular weight excluding hydrogens is 422 g/mol. The standard InChI is InChI=1S/C25H25N3O5/c1-3-13-32-22-11-9-17(14-23(22)31-4-2)10-12-24(30)33-16-21(29)18(15-26)25-27-19-7-5-6-8-20(19)28-25/h5-12,14,29H,3-4,13,16H2,1-2H3,(H,27,28)/b12-10?,21-18-. The maximum Gasteiger partial charge on any atom is 0.331 e. The van der Waals surface area contributed by atoms with Gasteiger partial charge in [-0.2, -0.15) is 5.26 Å². The molecule has 0 amide bonds. The molecule has 1 heterocycles. The number of ether oxygens (including phenoxy) is 3. The Morgan fingerprint density at radius 2 is 2.00 bits per heavy atom. The average Bonchev–Trinajstić information content (AvgIpc) is 3.25. The van der Waals surface area contributed by atoms with E-state index in [0.717, 1.165) is 17.5 Å². The van der Waals surface area contributed by atoms with Crippen molar-refractivity contribution in [2.24, 2.45) is 0 Å². The zero-order chi connectivity index (χ0) is 23.6. The molecule has 0 unspecified atom stereocenters. The van der Waals surface area contributed by atoms with E-state index < -0.39 is 18.3 Å². The van der Waals surface area contributed by atoms with Crippen molar-refractivity contribution < 1.29 is 24.1 Å². The van der Waals surface area contributed by atoms with Crippen molar-refractivity contribution in [2.75, 3.05) is 19.8 Å². The third kappa shape index (κ3) is 6.14. The normalized spacial score (nSPS) is 11.8. The highest BCUT2D eigenvalue weighted by Gasteiger charge is 2.14. The van der Waals surface area contributed by atoms with Crippen LogP contribution in [0.4, 0.5) is 0 Å². The first-order valence-corrected chi connectivity index (χ1v) is 10.6. The van der Waals surface area contributed by atoms with E-state index in [1.54, 1.807) is 30.3 Å². The minimum atomic E-state index is -0.673. The summed E-state index contributed by atoms with van der Waals surface area (Å²) in [6.07, 6.45) is 3.68. The molecule has 8 heteroatoms. The fourth-order valence-electron chi connectivity index (χ4n) is 2.98. The number of aromatic nitrogens is 2. The quantitative estimate of drug-likeness (QED) is 0.198. The molecule has 33 heavy (non-hydrogen) atoms. The Morgan fingerprint density at radius 3 is 2.73 bits per heavy atom. The lowest BCUT2D eigenvalue weighted by molar-refractivity contribution is -0.137. The Kier molecular flexibility index (Phi) is 8.08. The molecule has 0 atom stereocenters. The maximum absolute atomic E-state index is 12.1. The third-order valence-electron chi connectivity index (χ3n) is 4.52. The van der Waals surface area contributed by atoms with Crippen molar-refractivity contribution >= 4 is 28.7 Å². The molecule has 3 rings (SSSR count). The lowest BCUT2D eigenvalue weighted by atomic mass is 10.2. The molecule has 2 N–H and O–H groups in total. The zero-order valence-corrected chi connectivity index (χ0v) is 18.5. The van der Waals surface area contributed by atoms with Gasteiger partial charge in [0.25, 0.3) is 0 Å². The number of nitriles is 1. The molecule has 0 aliphatic carbocycles. The molecule has 0 radical (unpaired) electrons. The first kappa shape index (κ1) is 23.4. The van der Waals surface area contributed by atoms with Gasteiger partial charge < -0.3 is 24.3 Å². The number of aliphatic hydroxyl groups is 1. The summed E-state index contributed by atoms with van der Waals surface area (Å²) < 4.78 is 16.4. The number of nitrogens with one attached hydrogen (secondary N) is 1. The van der Waals surface area contributed by atoms with E-state index in [0.29, 0.717) is 30.2 Å². The predicted octanol–water partition coefficient (Wildman–Crippen LogP) is 4.80. The largest absolute Gasteiger partial charge is 0.507 e. The summed E-state index contributed by atoms with van der Waals surface area (Å²) in [6.45, 7) is 4.50. The number of allylic oxidation sites excluding steroid dienone is 1. The first-order chi connectivity index (χ1) is 16.0. The number of benzene rings is 2. The van der Waals surface area contributed by atoms with Crippen molar-refractivity contribution in [1.82, 2.24) is 9.97 Å². The average molecular weight is 447 g/mol. The Labute approximate surface area is 191 Å². The van der Waals surface area contributed by atoms with Gasteiger partial charge in [0.1, 0.15) is 18.2 Å². The summed E-state index contributed by atoms with van der Waals surface area (Å²) in [7, 11) is 0. The lowest BCUT2D eigenvalue weighted by Gasteiger charge is -2.12. The van der Waals surface area contributed by atoms with Crippen LogP contribution in [-0.2, 0) is 9.53 Å². The maximum atomic E-state index is 12.1. The topological polar surface area (TPSA) is 117 Å². The number of rotatable bonds is 10. The van der Waals surface area contributed by atoms with E-state index in [9.17, 15) is 15.2 Å². The van der Waals surface area contributed by atoms with Crippen molar-refractivity contribution in [1.29, 1.82) is 5.26 Å². The molecule has 0 bridgehead atoms. The van der Waals surface area contributed by atoms with Gasteiger partial charge in [-0.1, -0.05) is 25.1 Å². The minimum absolute atomic E-state index is 0.0907. The highest BCUT2D eigenvalue weighted by Crippen LogP contribution is 2.29. The van der Waals surface area contributed by atoms with Crippen LogP contribution in [0.25, 0.3) is 22.7 Å². The molecular formula is C25H25N3O5. The summed E-state index contributed by atoms with van der Waals surface area (Å²) in [5.41, 5.74) is 2.02. The van der Waals surface area contributed by atoms with Gasteiger partial charge in [-0.05, 0) is 49.2 Å². The Hall–Kier alpha value is -4.25. The molecule has 8 nitrogen and oxygen atoms in total. The van der Waals surface area contributed by atoms with Crippen LogP contribution in [0, 0.1) is 11.3 Å². The SMILES string of the molecule is CCCOc1ccc(C=CC(=O)OC/C(O)=C(\C#N)c2nc3ccccc3[nH]2)cc1OCC. The van der Waals surface area contributed by atoms with Crippen LogP contribution >= 0.6 is 0 Å². The van der Waals surface area contributed by atoms with E-state index in [1.807, 2.05) is 38.1 Å². The number of para-hydroxylation sites is 2. The van der Waals surface area contributed by atoms with Crippen LogP contribution < -0.4 is 9.47 Å². The number of fused-ring (bicyclic) bond motifs is 1. The number of esters is 1. The van der Waals surface area contributed by atoms with Crippen molar-refractivity contribution in [3.8, 4) is 17.6 Å². The van der Waals surface area contributed by atoms with Crippen LogP contribution in [0.1, 0.15) is 31.7 Å². The molecule has 0 saturated heterocycles. The fourth-order valence-corrected chi connectivity index (χ4v) is 2.98. The number of imidazole rings is 1. The second-order valence-electron chi connectivity index (χ2n) is 6.96. The summed E-state index contributed by atoms with van der Waals surface area (Å²) >= 11 is 0. The number of carbonyl (C=O) groups excluding carboxylic acids is 1. The van der Waals surface area contributed by atoms with Gasteiger partial charge in [0.2, 0.25) is 0 Å². The van der Waals surface area contributed by atoms with Crippen molar-refractivity contribution in [3.05, 3.63) is 65.7 Å². The van der Waals surface area contributed by atoms with Crippen molar-refractivity contribution in [3.63, 3.8) is 0 Å². The van der Waals surface area contributed by atoms with Crippen molar-refractivity contribution in [2.45, 2.75) is 20.3 Å². The Bertz CT molecular complexity index is 1190. The second kappa shape index (κ2) is 11.4. The van der Waals surface area contributed by atoms with Crippen LogP contribution in [0.2, 0.25) is 0 Å². The molecule has 0 aliphatic heterocycles. The molecule has 0 saturated carbocycles. The highest BCUT2D eigenvalue weighted by atomic mass is 16.5. The summed E-state index contributed by atoms with van der Waals surface area (Å²) in [5, 5.41) is 19.7. The van der Waals surface area contributed by atoms with E-state index in [2.05, 4.69) is 9.97 Å². The number of nitrogens with zero attached hydrogens (tertiary/aromatic N) is 2. The molecule has 0 spiro atoms. The van der Waals surface area contributed by atoms with E-state index in [1.165, 1.54) is 6.08 Å². The number of H-pyrrole nitrogens is 1. The Morgan fingerprint density at radius 1 is 1.18 bits per heavy atom. The smallest absolute Gasteiger partial charge is 0.331 e. The predicted molar refractivity (Wildman–Crippen MR) is 125 cm³/mol. The highest BCUT2D eigenvalue weighted by molar-refractivity contribution is 5.87. The zero-order valence-electron chi connectivity index (χ0n) is 18.5.